The molecule has 0 atom stereocenters. The van der Waals surface area contributed by atoms with Crippen LogP contribution in [0.1, 0.15) is 37.3 Å². The first kappa shape index (κ1) is 21.5. The number of ether oxygens (including phenoxy) is 2. The zero-order chi connectivity index (χ0) is 20.9. The van der Waals surface area contributed by atoms with Gasteiger partial charge >= 0.3 is 6.36 Å². The summed E-state index contributed by atoms with van der Waals surface area (Å²) < 4.78 is 46.3. The van der Waals surface area contributed by atoms with Crippen molar-refractivity contribution in [3.05, 3.63) is 59.7 Å². The number of aliphatic hydroxyl groups is 1. The summed E-state index contributed by atoms with van der Waals surface area (Å²) in [7, 11) is 0. The number of nitrogens with zero attached hydrogens (tertiary/aromatic N) is 1. The quantitative estimate of drug-likeness (QED) is 0.709. The normalized spacial score (nSPS) is 17.1. The fraction of sp³-hybridized carbons (Fsp3) is 0.455. The lowest BCUT2D eigenvalue weighted by molar-refractivity contribution is -0.274. The van der Waals surface area contributed by atoms with Gasteiger partial charge in [0, 0.05) is 19.6 Å². The molecule has 0 aromatic heterocycles. The van der Waals surface area contributed by atoms with Crippen LogP contribution < -0.4 is 9.47 Å². The number of piperidine rings is 1. The maximum atomic E-state index is 12.3. The lowest BCUT2D eigenvalue weighted by Crippen LogP contribution is -2.42. The van der Waals surface area contributed by atoms with Crippen LogP contribution >= 0.6 is 0 Å². The van der Waals surface area contributed by atoms with E-state index in [9.17, 15) is 18.3 Å². The second kappa shape index (κ2) is 9.05. The van der Waals surface area contributed by atoms with E-state index >= 15 is 0 Å². The Morgan fingerprint density at radius 3 is 2.10 bits per heavy atom. The molecule has 3 rings (SSSR count). The van der Waals surface area contributed by atoms with Crippen molar-refractivity contribution >= 4 is 0 Å². The van der Waals surface area contributed by atoms with Crippen molar-refractivity contribution in [3.8, 4) is 11.5 Å². The van der Waals surface area contributed by atoms with Crippen molar-refractivity contribution in [2.45, 2.75) is 44.7 Å². The highest BCUT2D eigenvalue weighted by Gasteiger charge is 2.35. The predicted octanol–water partition coefficient (Wildman–Crippen LogP) is 4.86. The minimum atomic E-state index is -4.72. The van der Waals surface area contributed by atoms with Gasteiger partial charge in [-0.25, -0.2) is 0 Å². The third-order valence-electron chi connectivity index (χ3n) is 5.11. The maximum Gasteiger partial charge on any atom is 0.573 e. The fourth-order valence-corrected chi connectivity index (χ4v) is 3.51. The molecule has 4 nitrogen and oxygen atoms in total. The number of halogens is 3. The van der Waals surface area contributed by atoms with E-state index in [2.05, 4.69) is 16.6 Å². The third-order valence-corrected chi connectivity index (χ3v) is 5.11. The van der Waals surface area contributed by atoms with E-state index in [-0.39, 0.29) is 5.75 Å². The molecule has 2 aromatic rings. The van der Waals surface area contributed by atoms with Crippen molar-refractivity contribution in [3.63, 3.8) is 0 Å². The molecule has 1 N–H and O–H groups in total. The summed E-state index contributed by atoms with van der Waals surface area (Å²) in [4.78, 5) is 2.26. The maximum absolute atomic E-state index is 12.3. The Bertz CT molecular complexity index is 767. The summed E-state index contributed by atoms with van der Waals surface area (Å²) in [5.41, 5.74) is 0.752. The largest absolute Gasteiger partial charge is 0.573 e. The Labute approximate surface area is 168 Å². The van der Waals surface area contributed by atoms with Crippen LogP contribution in [0.15, 0.2) is 48.5 Å². The zero-order valence-corrected chi connectivity index (χ0v) is 16.4. The Hall–Kier alpha value is -2.25. The summed E-state index contributed by atoms with van der Waals surface area (Å²) >= 11 is 0. The van der Waals surface area contributed by atoms with Crippen LogP contribution in [0.2, 0.25) is 0 Å². The number of benzene rings is 2. The molecule has 2 aromatic carbocycles. The Kier molecular flexibility index (Phi) is 6.70. The summed E-state index contributed by atoms with van der Waals surface area (Å²) in [5.74, 6) is 0.579. The second-order valence-electron chi connectivity index (χ2n) is 7.37. The molecule has 0 saturated carbocycles. The van der Waals surface area contributed by atoms with E-state index < -0.39 is 12.0 Å². The average molecular weight is 409 g/mol. The van der Waals surface area contributed by atoms with Crippen molar-refractivity contribution in [1.82, 2.24) is 4.90 Å². The summed E-state index contributed by atoms with van der Waals surface area (Å²) in [6.07, 6.45) is -2.71. The van der Waals surface area contributed by atoms with E-state index in [1.807, 2.05) is 24.3 Å². The summed E-state index contributed by atoms with van der Waals surface area (Å²) in [6, 6.07) is 13.5. The molecule has 0 bridgehead atoms. The van der Waals surface area contributed by atoms with Gasteiger partial charge in [0.15, 0.2) is 0 Å². The minimum Gasteiger partial charge on any atom is -0.494 e. The summed E-state index contributed by atoms with van der Waals surface area (Å²) in [6.45, 7) is 4.95. The average Bonchev–Trinajstić information content (AvgIpc) is 2.69. The lowest BCUT2D eigenvalue weighted by Gasteiger charge is -2.38. The van der Waals surface area contributed by atoms with Crippen LogP contribution in [-0.2, 0) is 12.1 Å². The van der Waals surface area contributed by atoms with Crippen LogP contribution in [0.5, 0.6) is 11.5 Å². The molecule has 158 valence electrons. The van der Waals surface area contributed by atoms with Gasteiger partial charge in [-0.05, 0) is 54.7 Å². The zero-order valence-electron chi connectivity index (χ0n) is 16.4. The highest BCUT2D eigenvalue weighted by molar-refractivity contribution is 5.32. The van der Waals surface area contributed by atoms with Crippen molar-refractivity contribution in [2.75, 3.05) is 19.7 Å². The number of alkyl halides is 3. The topological polar surface area (TPSA) is 41.9 Å². The molecule has 0 unspecified atom stereocenters. The van der Waals surface area contributed by atoms with Gasteiger partial charge in [0.25, 0.3) is 0 Å². The number of rotatable bonds is 7. The van der Waals surface area contributed by atoms with Gasteiger partial charge in [0.1, 0.15) is 11.5 Å². The van der Waals surface area contributed by atoms with Crippen molar-refractivity contribution in [1.29, 1.82) is 0 Å². The van der Waals surface area contributed by atoms with Gasteiger partial charge in [-0.15, -0.1) is 13.2 Å². The molecule has 0 aliphatic carbocycles. The van der Waals surface area contributed by atoms with Crippen LogP contribution in [0.4, 0.5) is 13.2 Å². The van der Waals surface area contributed by atoms with E-state index in [4.69, 9.17) is 4.74 Å². The van der Waals surface area contributed by atoms with Crippen LogP contribution in [0, 0.1) is 0 Å². The molecule has 1 fully saturated rings. The first-order valence-corrected chi connectivity index (χ1v) is 9.80. The van der Waals surface area contributed by atoms with Gasteiger partial charge in [-0.2, -0.15) is 0 Å². The van der Waals surface area contributed by atoms with E-state index in [0.717, 1.165) is 18.7 Å². The van der Waals surface area contributed by atoms with Crippen LogP contribution in [-0.4, -0.2) is 36.1 Å². The van der Waals surface area contributed by atoms with Crippen molar-refractivity contribution < 1.29 is 27.8 Å². The van der Waals surface area contributed by atoms with Crippen LogP contribution in [0.25, 0.3) is 0 Å². The van der Waals surface area contributed by atoms with E-state index in [0.29, 0.717) is 38.1 Å². The molecule has 7 heteroatoms. The molecule has 0 radical (unpaired) electrons. The Balaban J connectivity index is 1.53. The molecule has 1 heterocycles. The highest BCUT2D eigenvalue weighted by atomic mass is 19.4. The van der Waals surface area contributed by atoms with Gasteiger partial charge in [-0.1, -0.05) is 31.2 Å². The number of hydrogen-bond donors (Lipinski definition) is 1. The molecule has 0 spiro atoms. The SMILES string of the molecule is CCCOc1ccc(CN2CCC(O)(c3ccc(OC(F)(F)F)cc3)CC2)cc1. The lowest BCUT2D eigenvalue weighted by atomic mass is 9.84. The van der Waals surface area contributed by atoms with E-state index in [1.54, 1.807) is 0 Å². The second-order valence-corrected chi connectivity index (χ2v) is 7.37. The minimum absolute atomic E-state index is 0.284. The molecular weight excluding hydrogens is 383 g/mol. The smallest absolute Gasteiger partial charge is 0.494 e. The molecule has 1 saturated heterocycles. The van der Waals surface area contributed by atoms with Gasteiger partial charge in [-0.3, -0.25) is 4.90 Å². The van der Waals surface area contributed by atoms with Crippen LogP contribution in [0.3, 0.4) is 0 Å². The first-order chi connectivity index (χ1) is 13.8. The Morgan fingerprint density at radius 1 is 0.966 bits per heavy atom. The molecule has 29 heavy (non-hydrogen) atoms. The standard InChI is InChI=1S/C22H26F3NO3/c1-2-15-28-19-7-3-17(4-8-19)16-26-13-11-21(27,12-14-26)18-5-9-20(10-6-18)29-22(23,24)25/h3-10,27H,2,11-16H2,1H3. The van der Waals surface area contributed by atoms with Gasteiger partial charge in [0.2, 0.25) is 0 Å². The fourth-order valence-electron chi connectivity index (χ4n) is 3.51. The molecule has 1 aliphatic heterocycles. The third kappa shape index (κ3) is 6.11. The van der Waals surface area contributed by atoms with Gasteiger partial charge < -0.3 is 14.6 Å². The summed E-state index contributed by atoms with van der Waals surface area (Å²) in [5, 5.41) is 11.0. The van der Waals surface area contributed by atoms with E-state index in [1.165, 1.54) is 29.8 Å². The molecule has 1 aliphatic rings. The predicted molar refractivity (Wildman–Crippen MR) is 104 cm³/mol. The van der Waals surface area contributed by atoms with Crippen molar-refractivity contribution in [2.24, 2.45) is 0 Å². The number of hydrogen-bond acceptors (Lipinski definition) is 4. The first-order valence-electron chi connectivity index (χ1n) is 9.80. The highest BCUT2D eigenvalue weighted by Crippen LogP contribution is 2.34. The monoisotopic (exact) mass is 409 g/mol. The molecular formula is C22H26F3NO3. The van der Waals surface area contributed by atoms with Gasteiger partial charge in [0.05, 0.1) is 12.2 Å². The number of likely N-dealkylation sites (tertiary alicyclic amines) is 1. The Morgan fingerprint density at radius 2 is 1.55 bits per heavy atom. The molecule has 0 amide bonds.